The number of carboxylic acids is 1. The second-order valence-electron chi connectivity index (χ2n) is 5.36. The molecule has 0 fully saturated rings. The highest BCUT2D eigenvalue weighted by Crippen LogP contribution is 2.13. The van der Waals surface area contributed by atoms with Gasteiger partial charge in [0, 0.05) is 31.3 Å². The van der Waals surface area contributed by atoms with Crippen molar-refractivity contribution in [1.29, 1.82) is 0 Å². The molecule has 0 aliphatic carbocycles. The first-order valence-electron chi connectivity index (χ1n) is 7.12. The minimum absolute atomic E-state index is 0.150. The summed E-state index contributed by atoms with van der Waals surface area (Å²) in [7, 11) is 3.30. The average molecular weight is 306 g/mol. The third-order valence-corrected chi connectivity index (χ3v) is 3.47. The molecule has 1 atom stereocenters. The summed E-state index contributed by atoms with van der Waals surface area (Å²) in [5.41, 5.74) is 0.853. The molecule has 1 unspecified atom stereocenters. The van der Waals surface area contributed by atoms with Crippen LogP contribution in [0.4, 0.5) is 0 Å². The van der Waals surface area contributed by atoms with Crippen molar-refractivity contribution >= 4 is 17.8 Å². The Labute approximate surface area is 130 Å². The molecule has 0 bridgehead atoms. The Balaban J connectivity index is 2.99. The maximum absolute atomic E-state index is 12.5. The molecule has 0 radical (unpaired) electrons. The number of nitrogens with zero attached hydrogens (tertiary/aromatic N) is 2. The lowest BCUT2D eigenvalue weighted by atomic mass is 10.1. The SMILES string of the molecule is CCC(C)N(CC(=O)O)C(=O)c1ccc(C(=O)N(C)C)cc1. The van der Waals surface area contributed by atoms with Gasteiger partial charge in [0.05, 0.1) is 0 Å². The molecule has 0 saturated carbocycles. The largest absolute Gasteiger partial charge is 0.480 e. The van der Waals surface area contributed by atoms with Crippen molar-refractivity contribution in [2.45, 2.75) is 26.3 Å². The van der Waals surface area contributed by atoms with Crippen LogP contribution < -0.4 is 0 Å². The van der Waals surface area contributed by atoms with Gasteiger partial charge in [-0.15, -0.1) is 0 Å². The van der Waals surface area contributed by atoms with Gasteiger partial charge in [-0.3, -0.25) is 14.4 Å². The second-order valence-corrected chi connectivity index (χ2v) is 5.36. The van der Waals surface area contributed by atoms with Crippen LogP contribution in [0.3, 0.4) is 0 Å². The first-order chi connectivity index (χ1) is 10.3. The molecule has 1 aromatic carbocycles. The van der Waals surface area contributed by atoms with Crippen LogP contribution in [0.25, 0.3) is 0 Å². The van der Waals surface area contributed by atoms with Crippen LogP contribution in [0.1, 0.15) is 41.0 Å². The number of rotatable bonds is 6. The highest BCUT2D eigenvalue weighted by Gasteiger charge is 2.23. The van der Waals surface area contributed by atoms with E-state index >= 15 is 0 Å². The predicted octanol–water partition coefficient (Wildman–Crippen LogP) is 1.71. The van der Waals surface area contributed by atoms with E-state index in [1.807, 2.05) is 13.8 Å². The normalized spacial score (nSPS) is 11.6. The van der Waals surface area contributed by atoms with Gasteiger partial charge in [-0.1, -0.05) is 6.92 Å². The molecule has 1 rings (SSSR count). The summed E-state index contributed by atoms with van der Waals surface area (Å²) in [6.07, 6.45) is 0.663. The second kappa shape index (κ2) is 7.59. The number of carbonyl (C=O) groups is 3. The lowest BCUT2D eigenvalue weighted by Crippen LogP contribution is -2.41. The molecule has 1 aromatic rings. The zero-order valence-corrected chi connectivity index (χ0v) is 13.4. The van der Waals surface area contributed by atoms with Gasteiger partial charge in [-0.2, -0.15) is 0 Å². The lowest BCUT2D eigenvalue weighted by molar-refractivity contribution is -0.138. The number of amides is 2. The molecule has 0 aliphatic heterocycles. The number of benzene rings is 1. The molecule has 0 spiro atoms. The minimum Gasteiger partial charge on any atom is -0.480 e. The zero-order chi connectivity index (χ0) is 16.9. The summed E-state index contributed by atoms with van der Waals surface area (Å²) in [6.45, 7) is 3.36. The molecule has 6 heteroatoms. The van der Waals surface area contributed by atoms with Crippen molar-refractivity contribution in [3.63, 3.8) is 0 Å². The summed E-state index contributed by atoms with van der Waals surface area (Å²) in [5.74, 6) is -1.54. The van der Waals surface area contributed by atoms with E-state index in [9.17, 15) is 14.4 Å². The van der Waals surface area contributed by atoms with E-state index in [-0.39, 0.29) is 24.4 Å². The Morgan fingerprint density at radius 2 is 1.50 bits per heavy atom. The van der Waals surface area contributed by atoms with Crippen molar-refractivity contribution < 1.29 is 19.5 Å². The third-order valence-electron chi connectivity index (χ3n) is 3.47. The number of carboxylic acid groups (broad SMARTS) is 1. The average Bonchev–Trinajstić information content (AvgIpc) is 2.50. The Morgan fingerprint density at radius 3 is 1.86 bits per heavy atom. The van der Waals surface area contributed by atoms with Gasteiger partial charge in [0.25, 0.3) is 11.8 Å². The van der Waals surface area contributed by atoms with E-state index in [1.54, 1.807) is 38.4 Å². The summed E-state index contributed by atoms with van der Waals surface area (Å²) in [6, 6.07) is 6.08. The zero-order valence-electron chi connectivity index (χ0n) is 13.4. The van der Waals surface area contributed by atoms with E-state index < -0.39 is 5.97 Å². The first-order valence-corrected chi connectivity index (χ1v) is 7.12. The summed E-state index contributed by atoms with van der Waals surface area (Å²) in [5, 5.41) is 8.96. The van der Waals surface area contributed by atoms with E-state index in [1.165, 1.54) is 9.80 Å². The molecular weight excluding hydrogens is 284 g/mol. The van der Waals surface area contributed by atoms with Crippen LogP contribution in [0.2, 0.25) is 0 Å². The number of aliphatic carboxylic acids is 1. The highest BCUT2D eigenvalue weighted by molar-refractivity contribution is 5.98. The fourth-order valence-electron chi connectivity index (χ4n) is 1.97. The molecule has 1 N–H and O–H groups in total. The van der Waals surface area contributed by atoms with Crippen molar-refractivity contribution in [1.82, 2.24) is 9.80 Å². The first kappa shape index (κ1) is 17.7. The molecule has 0 aromatic heterocycles. The van der Waals surface area contributed by atoms with Crippen LogP contribution in [0, 0.1) is 0 Å². The van der Waals surface area contributed by atoms with Crippen molar-refractivity contribution in [2.24, 2.45) is 0 Å². The molecule has 6 nitrogen and oxygen atoms in total. The van der Waals surface area contributed by atoms with Gasteiger partial charge in [0.2, 0.25) is 0 Å². The van der Waals surface area contributed by atoms with Crippen molar-refractivity contribution in [2.75, 3.05) is 20.6 Å². The Bertz CT molecular complexity index is 552. The number of hydrogen-bond acceptors (Lipinski definition) is 3. The van der Waals surface area contributed by atoms with E-state index in [2.05, 4.69) is 0 Å². The standard InChI is InChI=1S/C16H22N2O4/c1-5-11(2)18(10-14(19)20)16(22)13-8-6-12(7-9-13)15(21)17(3)4/h6-9,11H,5,10H2,1-4H3,(H,19,20). The summed E-state index contributed by atoms with van der Waals surface area (Å²) >= 11 is 0. The van der Waals surface area contributed by atoms with Crippen LogP contribution >= 0.6 is 0 Å². The smallest absolute Gasteiger partial charge is 0.323 e. The topological polar surface area (TPSA) is 77.9 Å². The summed E-state index contributed by atoms with van der Waals surface area (Å²) < 4.78 is 0. The van der Waals surface area contributed by atoms with Gasteiger partial charge < -0.3 is 14.9 Å². The van der Waals surface area contributed by atoms with Crippen LogP contribution in [0.5, 0.6) is 0 Å². The van der Waals surface area contributed by atoms with Crippen LogP contribution in [-0.4, -0.2) is 59.4 Å². The Morgan fingerprint density at radius 1 is 1.05 bits per heavy atom. The summed E-state index contributed by atoms with van der Waals surface area (Å²) in [4.78, 5) is 38.0. The van der Waals surface area contributed by atoms with Crippen LogP contribution in [0.15, 0.2) is 24.3 Å². The highest BCUT2D eigenvalue weighted by atomic mass is 16.4. The van der Waals surface area contributed by atoms with Gasteiger partial charge >= 0.3 is 5.97 Å². The number of carbonyl (C=O) groups excluding carboxylic acids is 2. The molecule has 22 heavy (non-hydrogen) atoms. The molecule has 2 amide bonds. The van der Waals surface area contributed by atoms with Gasteiger partial charge in [-0.25, -0.2) is 0 Å². The van der Waals surface area contributed by atoms with Crippen LogP contribution in [-0.2, 0) is 4.79 Å². The third kappa shape index (κ3) is 4.31. The molecule has 0 heterocycles. The van der Waals surface area contributed by atoms with E-state index in [4.69, 9.17) is 5.11 Å². The van der Waals surface area contributed by atoms with Gasteiger partial charge in [0.15, 0.2) is 0 Å². The predicted molar refractivity (Wildman–Crippen MR) is 82.9 cm³/mol. The quantitative estimate of drug-likeness (QED) is 0.868. The maximum Gasteiger partial charge on any atom is 0.323 e. The lowest BCUT2D eigenvalue weighted by Gasteiger charge is -2.27. The monoisotopic (exact) mass is 306 g/mol. The van der Waals surface area contributed by atoms with Gasteiger partial charge in [0.1, 0.15) is 6.54 Å². The van der Waals surface area contributed by atoms with E-state index in [0.29, 0.717) is 17.5 Å². The number of hydrogen-bond donors (Lipinski definition) is 1. The molecular formula is C16H22N2O4. The maximum atomic E-state index is 12.5. The Hall–Kier alpha value is -2.37. The van der Waals surface area contributed by atoms with E-state index in [0.717, 1.165) is 0 Å². The van der Waals surface area contributed by atoms with Crippen molar-refractivity contribution in [3.8, 4) is 0 Å². The molecule has 0 aliphatic rings. The molecule has 0 saturated heterocycles. The van der Waals surface area contributed by atoms with Crippen molar-refractivity contribution in [3.05, 3.63) is 35.4 Å². The fourth-order valence-corrected chi connectivity index (χ4v) is 1.97. The Kier molecular flexibility index (Phi) is 6.10. The minimum atomic E-state index is -1.05. The molecule has 120 valence electrons. The van der Waals surface area contributed by atoms with Gasteiger partial charge in [-0.05, 0) is 37.6 Å². The fraction of sp³-hybridized carbons (Fsp3) is 0.438.